The predicted molar refractivity (Wildman–Crippen MR) is 109 cm³/mol. The van der Waals surface area contributed by atoms with Crippen LogP contribution < -0.4 is 10.2 Å². The van der Waals surface area contributed by atoms with Crippen LogP contribution in [0.1, 0.15) is 31.1 Å². The molecule has 3 aromatic carbocycles. The van der Waals surface area contributed by atoms with Crippen LogP contribution in [0.5, 0.6) is 0 Å². The summed E-state index contributed by atoms with van der Waals surface area (Å²) in [5.41, 5.74) is 0.788. The van der Waals surface area contributed by atoms with Crippen LogP contribution in [-0.4, -0.2) is 30.3 Å². The fourth-order valence-electron chi connectivity index (χ4n) is 3.16. The molecule has 0 aromatic heterocycles. The largest absolute Gasteiger partial charge is 0.452 e. The number of hydrogen-bond acceptors (Lipinski definition) is 5. The van der Waals surface area contributed by atoms with Crippen molar-refractivity contribution in [2.45, 2.75) is 0 Å². The van der Waals surface area contributed by atoms with Crippen LogP contribution in [0.3, 0.4) is 0 Å². The normalized spacial score (nSPS) is 12.5. The summed E-state index contributed by atoms with van der Waals surface area (Å²) in [4.78, 5) is 50.5. The molecule has 0 atom stereocenters. The van der Waals surface area contributed by atoms with Crippen molar-refractivity contribution in [1.82, 2.24) is 0 Å². The van der Waals surface area contributed by atoms with Crippen LogP contribution in [0, 0.1) is 5.82 Å². The van der Waals surface area contributed by atoms with Crippen LogP contribution in [0.15, 0.2) is 72.8 Å². The summed E-state index contributed by atoms with van der Waals surface area (Å²) in [5, 5.41) is 2.31. The molecule has 1 N–H and O–H groups in total. The van der Waals surface area contributed by atoms with E-state index in [1.54, 1.807) is 30.3 Å². The summed E-state index contributed by atoms with van der Waals surface area (Å²) >= 11 is 0. The van der Waals surface area contributed by atoms with Crippen molar-refractivity contribution < 1.29 is 28.3 Å². The molecule has 0 spiro atoms. The van der Waals surface area contributed by atoms with Crippen LogP contribution in [0.4, 0.5) is 15.8 Å². The third-order valence-corrected chi connectivity index (χ3v) is 4.62. The Kier molecular flexibility index (Phi) is 5.28. The molecule has 0 saturated carbocycles. The number of nitrogens with zero attached hydrogens (tertiary/aromatic N) is 1. The van der Waals surface area contributed by atoms with Crippen molar-refractivity contribution in [1.29, 1.82) is 0 Å². The van der Waals surface area contributed by atoms with E-state index in [4.69, 9.17) is 4.74 Å². The second-order valence-electron chi connectivity index (χ2n) is 6.65. The van der Waals surface area contributed by atoms with Gasteiger partial charge in [-0.15, -0.1) is 0 Å². The SMILES string of the molecule is O=C(COC(=O)c1cccc(N2C(=O)c3ccccc3C2=O)c1)Nc1ccccc1F. The predicted octanol–water partition coefficient (Wildman–Crippen LogP) is 3.42. The minimum absolute atomic E-state index is 0.0313. The van der Waals surface area contributed by atoms with E-state index in [1.807, 2.05) is 0 Å². The molecule has 0 unspecified atom stereocenters. The van der Waals surface area contributed by atoms with Crippen LogP contribution in [0.2, 0.25) is 0 Å². The molecule has 0 fully saturated rings. The van der Waals surface area contributed by atoms with Gasteiger partial charge in [-0.2, -0.15) is 0 Å². The lowest BCUT2D eigenvalue weighted by Crippen LogP contribution is -2.29. The molecule has 1 aliphatic heterocycles. The maximum atomic E-state index is 13.6. The second-order valence-corrected chi connectivity index (χ2v) is 6.65. The topological polar surface area (TPSA) is 92.8 Å². The molecule has 31 heavy (non-hydrogen) atoms. The summed E-state index contributed by atoms with van der Waals surface area (Å²) in [7, 11) is 0. The van der Waals surface area contributed by atoms with E-state index < -0.39 is 36.1 Å². The number of halogens is 1. The van der Waals surface area contributed by atoms with Gasteiger partial charge >= 0.3 is 5.97 Å². The second kappa shape index (κ2) is 8.19. The van der Waals surface area contributed by atoms with Gasteiger partial charge in [0.15, 0.2) is 6.61 Å². The average Bonchev–Trinajstić information content (AvgIpc) is 3.04. The molecule has 4 rings (SSSR count). The molecular formula is C23H15FN2O5. The lowest BCUT2D eigenvalue weighted by Gasteiger charge is -2.15. The fraction of sp³-hybridized carbons (Fsp3) is 0.0435. The molecule has 0 bridgehead atoms. The highest BCUT2D eigenvalue weighted by molar-refractivity contribution is 6.34. The van der Waals surface area contributed by atoms with Crippen molar-refractivity contribution in [3.05, 3.63) is 95.3 Å². The number of fused-ring (bicyclic) bond motifs is 1. The number of hydrogen-bond donors (Lipinski definition) is 1. The first-order chi connectivity index (χ1) is 15.0. The molecule has 7 nitrogen and oxygen atoms in total. The summed E-state index contributed by atoms with van der Waals surface area (Å²) in [6, 6.07) is 17.8. The maximum absolute atomic E-state index is 13.6. The van der Waals surface area contributed by atoms with Crippen LogP contribution in [-0.2, 0) is 9.53 Å². The van der Waals surface area contributed by atoms with Crippen molar-refractivity contribution >= 4 is 35.1 Å². The Bertz CT molecular complexity index is 1190. The molecule has 0 saturated heterocycles. The van der Waals surface area contributed by atoms with E-state index in [9.17, 15) is 23.6 Å². The number of ether oxygens (including phenoxy) is 1. The quantitative estimate of drug-likeness (QED) is 0.506. The van der Waals surface area contributed by atoms with Gasteiger partial charge in [-0.1, -0.05) is 30.3 Å². The minimum atomic E-state index is -0.831. The van der Waals surface area contributed by atoms with Crippen molar-refractivity contribution in [3.63, 3.8) is 0 Å². The van der Waals surface area contributed by atoms with Crippen molar-refractivity contribution in [3.8, 4) is 0 Å². The number of amides is 3. The summed E-state index contributed by atoms with van der Waals surface area (Å²) in [6.45, 7) is -0.635. The zero-order valence-corrected chi connectivity index (χ0v) is 16.0. The molecule has 8 heteroatoms. The summed E-state index contributed by atoms with van der Waals surface area (Å²) < 4.78 is 18.6. The Balaban J connectivity index is 1.44. The Morgan fingerprint density at radius 3 is 2.19 bits per heavy atom. The van der Waals surface area contributed by atoms with Gasteiger partial charge in [0.2, 0.25) is 0 Å². The molecule has 1 heterocycles. The number of carbonyl (C=O) groups is 4. The summed E-state index contributed by atoms with van der Waals surface area (Å²) in [5.74, 6) is -3.14. The van der Waals surface area contributed by atoms with E-state index >= 15 is 0 Å². The number of rotatable bonds is 5. The first kappa shape index (κ1) is 20.0. The lowest BCUT2D eigenvalue weighted by atomic mass is 10.1. The Morgan fingerprint density at radius 2 is 1.52 bits per heavy atom. The van der Waals surface area contributed by atoms with E-state index in [2.05, 4.69) is 5.32 Å². The fourth-order valence-corrected chi connectivity index (χ4v) is 3.16. The van der Waals surface area contributed by atoms with Crippen LogP contribution >= 0.6 is 0 Å². The van der Waals surface area contributed by atoms with Gasteiger partial charge < -0.3 is 10.1 Å². The van der Waals surface area contributed by atoms with Crippen molar-refractivity contribution in [2.75, 3.05) is 16.8 Å². The maximum Gasteiger partial charge on any atom is 0.338 e. The highest BCUT2D eigenvalue weighted by Gasteiger charge is 2.36. The summed E-state index contributed by atoms with van der Waals surface area (Å²) in [6.07, 6.45) is 0. The van der Waals surface area contributed by atoms with Gasteiger partial charge in [0, 0.05) is 0 Å². The first-order valence-corrected chi connectivity index (χ1v) is 9.25. The lowest BCUT2D eigenvalue weighted by molar-refractivity contribution is -0.119. The van der Waals surface area contributed by atoms with Gasteiger partial charge in [-0.25, -0.2) is 14.1 Å². The Morgan fingerprint density at radius 1 is 0.871 bits per heavy atom. The average molecular weight is 418 g/mol. The highest BCUT2D eigenvalue weighted by Crippen LogP contribution is 2.28. The molecule has 3 aromatic rings. The number of anilines is 2. The molecule has 0 radical (unpaired) electrons. The van der Waals surface area contributed by atoms with Gasteiger partial charge in [-0.3, -0.25) is 14.4 Å². The third-order valence-electron chi connectivity index (χ3n) is 4.62. The van der Waals surface area contributed by atoms with Gasteiger partial charge in [-0.05, 0) is 42.5 Å². The molecule has 3 amide bonds. The number of para-hydroxylation sites is 1. The molecular weight excluding hydrogens is 403 g/mol. The van der Waals surface area contributed by atoms with E-state index in [0.717, 1.165) is 4.90 Å². The van der Waals surface area contributed by atoms with Gasteiger partial charge in [0.1, 0.15) is 5.82 Å². The van der Waals surface area contributed by atoms with E-state index in [0.29, 0.717) is 0 Å². The monoisotopic (exact) mass is 418 g/mol. The van der Waals surface area contributed by atoms with Gasteiger partial charge in [0.05, 0.1) is 28.1 Å². The number of benzene rings is 3. The smallest absolute Gasteiger partial charge is 0.338 e. The molecule has 0 aliphatic carbocycles. The zero-order chi connectivity index (χ0) is 22.0. The Hall–Kier alpha value is -4.33. The van der Waals surface area contributed by atoms with Crippen LogP contribution in [0.25, 0.3) is 0 Å². The highest BCUT2D eigenvalue weighted by atomic mass is 19.1. The van der Waals surface area contributed by atoms with Crippen molar-refractivity contribution in [2.24, 2.45) is 0 Å². The van der Waals surface area contributed by atoms with E-state index in [-0.39, 0.29) is 28.1 Å². The van der Waals surface area contributed by atoms with Gasteiger partial charge in [0.25, 0.3) is 17.7 Å². The third kappa shape index (κ3) is 3.91. The number of carbonyl (C=O) groups excluding carboxylic acids is 4. The molecule has 154 valence electrons. The zero-order valence-electron chi connectivity index (χ0n) is 16.0. The standard InChI is InChI=1S/C23H15FN2O5/c24-18-10-3-4-11-19(18)25-20(27)13-31-23(30)14-6-5-7-15(12-14)26-21(28)16-8-1-2-9-17(16)22(26)29/h1-12H,13H2,(H,25,27). The molecule has 1 aliphatic rings. The number of imide groups is 1. The Labute approximate surface area is 176 Å². The first-order valence-electron chi connectivity index (χ1n) is 9.25. The number of esters is 1. The minimum Gasteiger partial charge on any atom is -0.452 e. The van der Waals surface area contributed by atoms with E-state index in [1.165, 1.54) is 42.5 Å². The number of nitrogens with one attached hydrogen (secondary N) is 1.